The third-order valence-electron chi connectivity index (χ3n) is 9.41. The first-order valence-electron chi connectivity index (χ1n) is 15.9. The van der Waals surface area contributed by atoms with E-state index < -0.39 is 0 Å². The molecule has 2 aliphatic rings. The smallest absolute Gasteiger partial charge is 0.151 e. The van der Waals surface area contributed by atoms with E-state index in [0.717, 1.165) is 101 Å². The SMILES string of the molecule is c1ccc2c(c1)Oc1ccccc1N2c1ccc2oc3cc4oc5ccc(N6c7ccccc7Oc7ccccc76)cc5c4cc3c2c1. The van der Waals surface area contributed by atoms with Gasteiger partial charge < -0.3 is 28.1 Å². The summed E-state index contributed by atoms with van der Waals surface area (Å²) in [5.41, 5.74) is 9.23. The van der Waals surface area contributed by atoms with Crippen LogP contribution in [0.1, 0.15) is 0 Å². The Morgan fingerprint density at radius 1 is 0.312 bits per heavy atom. The predicted octanol–water partition coefficient (Wildman–Crippen LogP) is 12.6. The number of hydrogen-bond acceptors (Lipinski definition) is 6. The van der Waals surface area contributed by atoms with Crippen LogP contribution in [0.25, 0.3) is 43.9 Å². The van der Waals surface area contributed by atoms with E-state index in [2.05, 4.69) is 76.5 Å². The molecule has 2 aromatic heterocycles. The van der Waals surface area contributed by atoms with Crippen molar-refractivity contribution in [1.82, 2.24) is 0 Å². The van der Waals surface area contributed by atoms with E-state index >= 15 is 0 Å². The number of benzene rings is 7. The molecule has 0 N–H and O–H groups in total. The Morgan fingerprint density at radius 2 is 0.667 bits per heavy atom. The Hall–Kier alpha value is -6.66. The van der Waals surface area contributed by atoms with E-state index in [1.54, 1.807) is 0 Å². The van der Waals surface area contributed by atoms with Gasteiger partial charge in [-0.15, -0.1) is 0 Å². The number of hydrogen-bond donors (Lipinski definition) is 0. The van der Waals surface area contributed by atoms with Crippen LogP contribution in [0.4, 0.5) is 34.1 Å². The Morgan fingerprint density at radius 3 is 1.06 bits per heavy atom. The van der Waals surface area contributed by atoms with E-state index in [4.69, 9.17) is 18.3 Å². The summed E-state index contributed by atoms with van der Waals surface area (Å²) in [5.74, 6) is 3.28. The normalized spacial score (nSPS) is 13.2. The molecule has 0 fully saturated rings. The Labute approximate surface area is 274 Å². The zero-order chi connectivity index (χ0) is 31.3. The quantitative estimate of drug-likeness (QED) is 0.192. The van der Waals surface area contributed by atoms with Crippen molar-refractivity contribution in [3.05, 3.63) is 146 Å². The van der Waals surface area contributed by atoms with Crippen molar-refractivity contribution in [1.29, 1.82) is 0 Å². The fraction of sp³-hybridized carbons (Fsp3) is 0. The molecule has 48 heavy (non-hydrogen) atoms. The van der Waals surface area contributed by atoms with Gasteiger partial charge in [-0.05, 0) is 91.0 Å². The molecular weight excluding hydrogens is 596 g/mol. The van der Waals surface area contributed by atoms with Crippen LogP contribution in [0.5, 0.6) is 23.0 Å². The van der Waals surface area contributed by atoms with Crippen LogP contribution in [-0.4, -0.2) is 0 Å². The standard InChI is InChI=1S/C42H24N2O4/c1-5-13-37-31(9-1)43(32-10-2-6-14-38(32)47-37)25-17-19-35-27(21-25)29-23-30-28-22-26(18-20-36(28)46-42(30)24-41(29)45-35)44-33-11-3-7-15-39(33)48-40-16-8-4-12-34(40)44/h1-24H. The first-order valence-corrected chi connectivity index (χ1v) is 15.9. The molecule has 2 aliphatic heterocycles. The first-order chi connectivity index (χ1) is 23.8. The molecule has 226 valence electrons. The molecule has 0 saturated heterocycles. The van der Waals surface area contributed by atoms with E-state index in [1.165, 1.54) is 0 Å². The second kappa shape index (κ2) is 9.44. The van der Waals surface area contributed by atoms with Gasteiger partial charge in [-0.3, -0.25) is 0 Å². The molecule has 0 saturated carbocycles. The molecule has 6 nitrogen and oxygen atoms in total. The van der Waals surface area contributed by atoms with Crippen molar-refractivity contribution in [2.24, 2.45) is 0 Å². The monoisotopic (exact) mass is 620 g/mol. The van der Waals surface area contributed by atoms with Crippen molar-refractivity contribution >= 4 is 78.0 Å². The molecule has 0 aliphatic carbocycles. The molecule has 6 heteroatoms. The second-order valence-corrected chi connectivity index (χ2v) is 12.2. The van der Waals surface area contributed by atoms with Gasteiger partial charge in [0, 0.05) is 39.0 Å². The van der Waals surface area contributed by atoms with Crippen molar-refractivity contribution < 1.29 is 18.3 Å². The highest BCUT2D eigenvalue weighted by molar-refractivity contribution is 6.16. The number of nitrogens with zero attached hydrogens (tertiary/aromatic N) is 2. The fourth-order valence-corrected chi connectivity index (χ4v) is 7.27. The second-order valence-electron chi connectivity index (χ2n) is 12.2. The predicted molar refractivity (Wildman–Crippen MR) is 191 cm³/mol. The highest BCUT2D eigenvalue weighted by Crippen LogP contribution is 2.52. The third-order valence-corrected chi connectivity index (χ3v) is 9.41. The minimum Gasteiger partial charge on any atom is -0.456 e. The molecule has 0 atom stereocenters. The number of furan rings is 2. The maximum Gasteiger partial charge on any atom is 0.151 e. The fourth-order valence-electron chi connectivity index (χ4n) is 7.27. The molecule has 11 rings (SSSR count). The zero-order valence-corrected chi connectivity index (χ0v) is 25.4. The molecule has 4 heterocycles. The number of rotatable bonds is 2. The maximum absolute atomic E-state index is 6.41. The summed E-state index contributed by atoms with van der Waals surface area (Å²) in [6.45, 7) is 0. The van der Waals surface area contributed by atoms with Crippen LogP contribution in [0.15, 0.2) is 154 Å². The van der Waals surface area contributed by atoms with Crippen molar-refractivity contribution in [3.8, 4) is 23.0 Å². The average Bonchev–Trinajstić information content (AvgIpc) is 3.68. The van der Waals surface area contributed by atoms with Gasteiger partial charge in [0.05, 0.1) is 22.7 Å². The topological polar surface area (TPSA) is 51.2 Å². The van der Waals surface area contributed by atoms with Gasteiger partial charge in [0.25, 0.3) is 0 Å². The summed E-state index contributed by atoms with van der Waals surface area (Å²) >= 11 is 0. The number of para-hydroxylation sites is 8. The summed E-state index contributed by atoms with van der Waals surface area (Å²) in [4.78, 5) is 4.50. The van der Waals surface area contributed by atoms with Crippen LogP contribution in [0.3, 0.4) is 0 Å². The molecule has 9 aromatic rings. The van der Waals surface area contributed by atoms with Gasteiger partial charge in [-0.2, -0.15) is 0 Å². The Kier molecular flexibility index (Phi) is 5.02. The summed E-state index contributed by atoms with van der Waals surface area (Å²) < 4.78 is 25.3. The largest absolute Gasteiger partial charge is 0.456 e. The lowest BCUT2D eigenvalue weighted by Crippen LogP contribution is -2.15. The van der Waals surface area contributed by atoms with Crippen LogP contribution < -0.4 is 19.3 Å². The molecule has 7 aromatic carbocycles. The van der Waals surface area contributed by atoms with Gasteiger partial charge in [0.15, 0.2) is 23.0 Å². The lowest BCUT2D eigenvalue weighted by molar-refractivity contribution is 0.477. The Bertz CT molecular complexity index is 2500. The molecule has 0 radical (unpaired) electrons. The number of fused-ring (bicyclic) bond motifs is 10. The van der Waals surface area contributed by atoms with Crippen LogP contribution in [0, 0.1) is 0 Å². The minimum absolute atomic E-state index is 0.785. The van der Waals surface area contributed by atoms with Crippen molar-refractivity contribution in [2.75, 3.05) is 9.80 Å². The minimum atomic E-state index is 0.785. The lowest BCUT2D eigenvalue weighted by atomic mass is 10.1. The van der Waals surface area contributed by atoms with E-state index in [-0.39, 0.29) is 0 Å². The molecule has 0 amide bonds. The van der Waals surface area contributed by atoms with Crippen LogP contribution in [-0.2, 0) is 0 Å². The third kappa shape index (κ3) is 3.57. The van der Waals surface area contributed by atoms with Gasteiger partial charge in [-0.1, -0.05) is 48.5 Å². The van der Waals surface area contributed by atoms with Gasteiger partial charge >= 0.3 is 0 Å². The van der Waals surface area contributed by atoms with Gasteiger partial charge in [0.2, 0.25) is 0 Å². The maximum atomic E-state index is 6.41. The summed E-state index contributed by atoms with van der Waals surface area (Å²) in [5, 5.41) is 4.13. The van der Waals surface area contributed by atoms with Crippen LogP contribution >= 0.6 is 0 Å². The zero-order valence-electron chi connectivity index (χ0n) is 25.4. The molecule has 0 unspecified atom stereocenters. The molecular formula is C42H24N2O4. The van der Waals surface area contributed by atoms with Gasteiger partial charge in [-0.25, -0.2) is 0 Å². The van der Waals surface area contributed by atoms with Crippen molar-refractivity contribution in [3.63, 3.8) is 0 Å². The average molecular weight is 621 g/mol. The lowest BCUT2D eigenvalue weighted by Gasteiger charge is -2.32. The highest BCUT2D eigenvalue weighted by atomic mass is 16.5. The van der Waals surface area contributed by atoms with E-state index in [9.17, 15) is 0 Å². The summed E-state index contributed by atoms with van der Waals surface area (Å²) in [6.07, 6.45) is 0. The first kappa shape index (κ1) is 25.5. The van der Waals surface area contributed by atoms with E-state index in [0.29, 0.717) is 0 Å². The van der Waals surface area contributed by atoms with Gasteiger partial charge in [0.1, 0.15) is 22.3 Å². The number of anilines is 6. The molecule has 0 bridgehead atoms. The van der Waals surface area contributed by atoms with Crippen LogP contribution in [0.2, 0.25) is 0 Å². The Balaban J connectivity index is 1.10. The summed E-state index contributed by atoms with van der Waals surface area (Å²) in [7, 11) is 0. The molecule has 0 spiro atoms. The van der Waals surface area contributed by atoms with E-state index in [1.807, 2.05) is 78.9 Å². The number of ether oxygens (including phenoxy) is 2. The van der Waals surface area contributed by atoms with Crippen molar-refractivity contribution in [2.45, 2.75) is 0 Å². The summed E-state index contributed by atoms with van der Waals surface area (Å²) in [6, 6.07) is 49.5. The highest BCUT2D eigenvalue weighted by Gasteiger charge is 2.28.